The van der Waals surface area contributed by atoms with E-state index < -0.39 is 18.1 Å². The second kappa shape index (κ2) is 37.0. The van der Waals surface area contributed by atoms with Crippen molar-refractivity contribution in [3.63, 3.8) is 0 Å². The standard InChI is InChI=1S/C46H79NO7/c1-6-8-10-12-14-16-18-19-20-21-22-23-24-25-26-27-29-30-32-34-36-44(48)53-41-42(40-52-39-38-43(46(50)51)47(3,4)5)54-45(49)37-35-33-31-28-17-15-13-11-9-7-2/h8,10,13-16,19-20,22-23,42-43H,6-7,9,11-12,17-18,21,24-41H2,1-5H3/b10-8+,15-13+,16-14+,20-19+,23-22+. The summed E-state index contributed by atoms with van der Waals surface area (Å²) < 4.78 is 17.1. The lowest BCUT2D eigenvalue weighted by molar-refractivity contribution is -0.889. The number of carboxylic acids is 1. The van der Waals surface area contributed by atoms with E-state index in [1.54, 1.807) is 21.1 Å². The third-order valence-electron chi connectivity index (χ3n) is 9.14. The summed E-state index contributed by atoms with van der Waals surface area (Å²) in [4.78, 5) is 36.7. The summed E-state index contributed by atoms with van der Waals surface area (Å²) in [5.74, 6) is -1.77. The van der Waals surface area contributed by atoms with Gasteiger partial charge in [-0.1, -0.05) is 132 Å². The van der Waals surface area contributed by atoms with E-state index in [1.807, 2.05) is 0 Å². The molecule has 0 saturated carbocycles. The highest BCUT2D eigenvalue weighted by molar-refractivity contribution is 5.70. The van der Waals surface area contributed by atoms with E-state index in [9.17, 15) is 19.5 Å². The SMILES string of the molecule is CC/C=C/C/C=C/C/C=C/C/C=C/CCCCCCCCCC(=O)OCC(COCCC(C(=O)[O-])[N+](C)(C)C)OC(=O)CCCCCC/C=C/CCCC. The molecule has 0 aliphatic heterocycles. The van der Waals surface area contributed by atoms with Crippen LogP contribution in [0.1, 0.15) is 162 Å². The molecule has 0 N–H and O–H groups in total. The van der Waals surface area contributed by atoms with Gasteiger partial charge in [-0.3, -0.25) is 9.59 Å². The Bertz CT molecular complexity index is 1070. The molecular formula is C46H79NO7. The second-order valence-electron chi connectivity index (χ2n) is 15.2. The Hall–Kier alpha value is -2.97. The first-order valence-corrected chi connectivity index (χ1v) is 21.3. The first-order valence-electron chi connectivity index (χ1n) is 21.3. The molecule has 0 aliphatic rings. The lowest BCUT2D eigenvalue weighted by Crippen LogP contribution is -2.55. The highest BCUT2D eigenvalue weighted by atomic mass is 16.6. The lowest BCUT2D eigenvalue weighted by atomic mass is 10.1. The minimum absolute atomic E-state index is 0.0303. The third-order valence-corrected chi connectivity index (χ3v) is 9.14. The molecule has 0 bridgehead atoms. The van der Waals surface area contributed by atoms with Gasteiger partial charge in [0.15, 0.2) is 6.10 Å². The van der Waals surface area contributed by atoms with Crippen LogP contribution in [0.15, 0.2) is 60.8 Å². The molecule has 0 radical (unpaired) electrons. The number of quaternary nitrogens is 1. The summed E-state index contributed by atoms with van der Waals surface area (Å²) >= 11 is 0. The molecule has 0 saturated heterocycles. The van der Waals surface area contributed by atoms with Crippen LogP contribution in [-0.2, 0) is 28.6 Å². The first kappa shape index (κ1) is 51.0. The number of likely N-dealkylation sites (N-methyl/N-ethyl adjacent to an activating group) is 1. The minimum Gasteiger partial charge on any atom is -0.544 e. The number of aliphatic carboxylic acids is 1. The van der Waals surface area contributed by atoms with E-state index >= 15 is 0 Å². The molecule has 0 heterocycles. The van der Waals surface area contributed by atoms with Crippen LogP contribution in [0, 0.1) is 0 Å². The average molecular weight is 758 g/mol. The van der Waals surface area contributed by atoms with Gasteiger partial charge in [-0.05, 0) is 70.6 Å². The van der Waals surface area contributed by atoms with Crippen molar-refractivity contribution < 1.29 is 38.2 Å². The molecule has 0 aromatic heterocycles. The third kappa shape index (κ3) is 34.8. The fourth-order valence-corrected chi connectivity index (χ4v) is 5.81. The summed E-state index contributed by atoms with van der Waals surface area (Å²) in [5, 5.41) is 11.6. The Kier molecular flexibility index (Phi) is 34.9. The number of unbranched alkanes of at least 4 members (excludes halogenated alkanes) is 13. The van der Waals surface area contributed by atoms with E-state index in [0.717, 1.165) is 89.9 Å². The number of ether oxygens (including phenoxy) is 3. The van der Waals surface area contributed by atoms with Crippen LogP contribution in [0.5, 0.6) is 0 Å². The van der Waals surface area contributed by atoms with E-state index in [1.165, 1.54) is 38.5 Å². The van der Waals surface area contributed by atoms with Gasteiger partial charge in [0.1, 0.15) is 12.6 Å². The Balaban J connectivity index is 4.32. The number of esters is 2. The zero-order valence-electron chi connectivity index (χ0n) is 35.1. The van der Waals surface area contributed by atoms with Crippen LogP contribution < -0.4 is 5.11 Å². The van der Waals surface area contributed by atoms with Crippen molar-refractivity contribution in [1.82, 2.24) is 0 Å². The molecule has 8 nitrogen and oxygen atoms in total. The van der Waals surface area contributed by atoms with Crippen LogP contribution in [0.25, 0.3) is 0 Å². The lowest BCUT2D eigenvalue weighted by Gasteiger charge is -2.34. The molecule has 0 aromatic carbocycles. The number of allylic oxidation sites excluding steroid dienone is 10. The topological polar surface area (TPSA) is 102 Å². The summed E-state index contributed by atoms with van der Waals surface area (Å²) in [6.07, 6.45) is 43.9. The van der Waals surface area contributed by atoms with Gasteiger partial charge in [0.05, 0.1) is 40.3 Å². The molecule has 54 heavy (non-hydrogen) atoms. The van der Waals surface area contributed by atoms with Crippen molar-refractivity contribution in [2.24, 2.45) is 0 Å². The molecule has 0 spiro atoms. The molecule has 0 aromatic rings. The molecule has 2 unspecified atom stereocenters. The first-order chi connectivity index (χ1) is 26.1. The molecule has 310 valence electrons. The molecule has 0 rings (SSSR count). The van der Waals surface area contributed by atoms with Crippen molar-refractivity contribution in [3.8, 4) is 0 Å². The van der Waals surface area contributed by atoms with E-state index in [4.69, 9.17) is 14.2 Å². The van der Waals surface area contributed by atoms with E-state index in [0.29, 0.717) is 12.8 Å². The average Bonchev–Trinajstić information content (AvgIpc) is 3.12. The van der Waals surface area contributed by atoms with Gasteiger partial charge in [0, 0.05) is 19.3 Å². The highest BCUT2D eigenvalue weighted by Crippen LogP contribution is 2.13. The van der Waals surface area contributed by atoms with Gasteiger partial charge < -0.3 is 28.6 Å². The monoisotopic (exact) mass is 758 g/mol. The van der Waals surface area contributed by atoms with Crippen molar-refractivity contribution in [3.05, 3.63) is 60.8 Å². The number of carbonyl (C=O) groups excluding carboxylic acids is 3. The zero-order chi connectivity index (χ0) is 40.0. The number of hydrogen-bond donors (Lipinski definition) is 0. The smallest absolute Gasteiger partial charge is 0.306 e. The quantitative estimate of drug-likeness (QED) is 0.0269. The molecule has 0 fully saturated rings. The van der Waals surface area contributed by atoms with Crippen LogP contribution >= 0.6 is 0 Å². The zero-order valence-corrected chi connectivity index (χ0v) is 35.1. The minimum atomic E-state index is -1.13. The van der Waals surface area contributed by atoms with Crippen molar-refractivity contribution in [2.45, 2.75) is 174 Å². The fraction of sp³-hybridized carbons (Fsp3) is 0.717. The van der Waals surface area contributed by atoms with E-state index in [2.05, 4.69) is 74.6 Å². The number of carbonyl (C=O) groups is 3. The maximum atomic E-state index is 12.6. The largest absolute Gasteiger partial charge is 0.544 e. The van der Waals surface area contributed by atoms with Crippen molar-refractivity contribution in [2.75, 3.05) is 41.0 Å². The predicted octanol–water partition coefficient (Wildman–Crippen LogP) is 10.1. The molecular weight excluding hydrogens is 679 g/mol. The maximum Gasteiger partial charge on any atom is 0.306 e. The van der Waals surface area contributed by atoms with Crippen LogP contribution in [0.4, 0.5) is 0 Å². The van der Waals surface area contributed by atoms with Gasteiger partial charge in [-0.25, -0.2) is 0 Å². The summed E-state index contributed by atoms with van der Waals surface area (Å²) in [6, 6.07) is -0.730. The highest BCUT2D eigenvalue weighted by Gasteiger charge is 2.25. The molecule has 0 aliphatic carbocycles. The van der Waals surface area contributed by atoms with E-state index in [-0.39, 0.29) is 42.7 Å². The second-order valence-corrected chi connectivity index (χ2v) is 15.2. The van der Waals surface area contributed by atoms with Crippen LogP contribution in [-0.4, -0.2) is 75.5 Å². The Labute approximate surface area is 330 Å². The van der Waals surface area contributed by atoms with Crippen molar-refractivity contribution >= 4 is 17.9 Å². The van der Waals surface area contributed by atoms with Gasteiger partial charge in [-0.15, -0.1) is 0 Å². The Morgan fingerprint density at radius 3 is 1.56 bits per heavy atom. The summed E-state index contributed by atoms with van der Waals surface area (Å²) in [7, 11) is 5.39. The van der Waals surface area contributed by atoms with Crippen LogP contribution in [0.3, 0.4) is 0 Å². The number of rotatable bonds is 37. The van der Waals surface area contributed by atoms with Crippen LogP contribution in [0.2, 0.25) is 0 Å². The molecule has 2 atom stereocenters. The Morgan fingerprint density at radius 1 is 0.574 bits per heavy atom. The van der Waals surface area contributed by atoms with Gasteiger partial charge >= 0.3 is 11.9 Å². The fourth-order valence-electron chi connectivity index (χ4n) is 5.81. The normalized spacial score (nSPS) is 13.6. The molecule has 8 heteroatoms. The summed E-state index contributed by atoms with van der Waals surface area (Å²) in [6.45, 7) is 4.46. The number of nitrogens with zero attached hydrogens (tertiary/aromatic N) is 1. The van der Waals surface area contributed by atoms with Gasteiger partial charge in [0.25, 0.3) is 0 Å². The van der Waals surface area contributed by atoms with Gasteiger partial charge in [-0.2, -0.15) is 0 Å². The van der Waals surface area contributed by atoms with Gasteiger partial charge in [0.2, 0.25) is 0 Å². The number of hydrogen-bond acceptors (Lipinski definition) is 7. The van der Waals surface area contributed by atoms with Crippen molar-refractivity contribution in [1.29, 1.82) is 0 Å². The predicted molar refractivity (Wildman–Crippen MR) is 222 cm³/mol. The summed E-state index contributed by atoms with van der Waals surface area (Å²) in [5.41, 5.74) is 0. The maximum absolute atomic E-state index is 12.6. The molecule has 0 amide bonds. The number of carboxylic acid groups (broad SMARTS) is 1. The Morgan fingerprint density at radius 2 is 1.04 bits per heavy atom.